The molecule has 3 rings (SSSR count). The molecule has 0 saturated heterocycles. The second kappa shape index (κ2) is 14.2. The highest BCUT2D eigenvalue weighted by molar-refractivity contribution is 7.92. The first kappa shape index (κ1) is 31.7. The highest BCUT2D eigenvalue weighted by atomic mass is 32.2. The Kier molecular flexibility index (Phi) is 10.9. The predicted octanol–water partition coefficient (Wildman–Crippen LogP) is 5.23. The van der Waals surface area contributed by atoms with E-state index < -0.39 is 28.5 Å². The van der Waals surface area contributed by atoms with Gasteiger partial charge in [0.2, 0.25) is 11.8 Å². The number of methoxy groups -OCH3 is 1. The maximum absolute atomic E-state index is 14.2. The molecule has 1 N–H and O–H groups in total. The summed E-state index contributed by atoms with van der Waals surface area (Å²) in [6.07, 6.45) is 1.09. The molecule has 0 aliphatic carbocycles. The lowest BCUT2D eigenvalue weighted by atomic mass is 10.1. The number of ether oxygens (including phenoxy) is 1. The Balaban J connectivity index is 2.10. The standard InChI is InChI=1S/C32H41N3O5S/c1-7-24(4)33-32(37)29(8-2)34(21-26-15-13-16-27(20-26)40-6)31(36)22-35(30-19-12-14-23(3)25(30)5)41(38,39)28-17-10-9-11-18-28/h9-20,24,29H,7-8,21-22H2,1-6H3,(H,33,37)/t24-,29+/m1/s1. The minimum absolute atomic E-state index is 0.0739. The van der Waals surface area contributed by atoms with Crippen LogP contribution in [0.2, 0.25) is 0 Å². The monoisotopic (exact) mass is 579 g/mol. The number of benzene rings is 3. The summed E-state index contributed by atoms with van der Waals surface area (Å²) in [4.78, 5) is 29.2. The van der Waals surface area contributed by atoms with E-state index >= 15 is 0 Å². The molecule has 0 saturated carbocycles. The van der Waals surface area contributed by atoms with Crippen molar-refractivity contribution >= 4 is 27.5 Å². The van der Waals surface area contributed by atoms with Gasteiger partial charge in [-0.1, -0.05) is 56.3 Å². The van der Waals surface area contributed by atoms with E-state index in [2.05, 4.69) is 5.32 Å². The van der Waals surface area contributed by atoms with Crippen molar-refractivity contribution in [1.29, 1.82) is 0 Å². The van der Waals surface area contributed by atoms with Crippen LogP contribution in [0.3, 0.4) is 0 Å². The highest BCUT2D eigenvalue weighted by Gasteiger charge is 2.34. The molecule has 0 heterocycles. The molecule has 220 valence electrons. The zero-order chi connectivity index (χ0) is 30.2. The Bertz CT molecular complexity index is 1440. The first-order valence-corrected chi connectivity index (χ1v) is 15.3. The van der Waals surface area contributed by atoms with E-state index in [-0.39, 0.29) is 23.4 Å². The first-order chi connectivity index (χ1) is 19.5. The van der Waals surface area contributed by atoms with Gasteiger partial charge in [-0.15, -0.1) is 0 Å². The third-order valence-corrected chi connectivity index (χ3v) is 9.10. The van der Waals surface area contributed by atoms with Crippen molar-refractivity contribution in [2.45, 2.75) is 71.0 Å². The molecule has 3 aromatic rings. The van der Waals surface area contributed by atoms with Crippen LogP contribution in [-0.2, 0) is 26.2 Å². The molecule has 2 atom stereocenters. The van der Waals surface area contributed by atoms with E-state index in [1.165, 1.54) is 17.0 Å². The average molecular weight is 580 g/mol. The highest BCUT2D eigenvalue weighted by Crippen LogP contribution is 2.29. The molecule has 0 radical (unpaired) electrons. The molecule has 0 aromatic heterocycles. The quantitative estimate of drug-likeness (QED) is 0.299. The molecule has 3 aromatic carbocycles. The molecule has 0 fully saturated rings. The lowest BCUT2D eigenvalue weighted by Gasteiger charge is -2.34. The molecule has 2 amide bonds. The zero-order valence-electron chi connectivity index (χ0n) is 24.8. The Labute approximate surface area is 244 Å². The van der Waals surface area contributed by atoms with E-state index in [4.69, 9.17) is 4.74 Å². The van der Waals surface area contributed by atoms with Gasteiger partial charge in [-0.25, -0.2) is 8.42 Å². The number of hydrogen-bond donors (Lipinski definition) is 1. The first-order valence-electron chi connectivity index (χ1n) is 13.9. The summed E-state index contributed by atoms with van der Waals surface area (Å²) in [7, 11) is -2.55. The number of amides is 2. The third-order valence-electron chi connectivity index (χ3n) is 7.33. The van der Waals surface area contributed by atoms with Crippen LogP contribution in [0.4, 0.5) is 5.69 Å². The molecule has 8 nitrogen and oxygen atoms in total. The predicted molar refractivity (Wildman–Crippen MR) is 162 cm³/mol. The topological polar surface area (TPSA) is 96.0 Å². The Morgan fingerprint density at radius 3 is 2.24 bits per heavy atom. The average Bonchev–Trinajstić information content (AvgIpc) is 2.97. The fourth-order valence-corrected chi connectivity index (χ4v) is 6.06. The smallest absolute Gasteiger partial charge is 0.264 e. The van der Waals surface area contributed by atoms with Crippen LogP contribution in [0.1, 0.15) is 50.3 Å². The summed E-state index contributed by atoms with van der Waals surface area (Å²) < 4.78 is 34.6. The van der Waals surface area contributed by atoms with Crippen LogP contribution < -0.4 is 14.4 Å². The summed E-state index contributed by atoms with van der Waals surface area (Å²) in [6, 6.07) is 19.9. The lowest BCUT2D eigenvalue weighted by molar-refractivity contribution is -0.140. The Morgan fingerprint density at radius 1 is 0.927 bits per heavy atom. The van der Waals surface area contributed by atoms with Crippen molar-refractivity contribution in [3.8, 4) is 5.75 Å². The molecule has 0 unspecified atom stereocenters. The van der Waals surface area contributed by atoms with E-state index in [1.54, 1.807) is 43.5 Å². The molecule has 0 aliphatic heterocycles. The molecule has 0 aliphatic rings. The maximum atomic E-state index is 14.2. The van der Waals surface area contributed by atoms with Gasteiger partial charge in [0.1, 0.15) is 18.3 Å². The van der Waals surface area contributed by atoms with Gasteiger partial charge in [-0.3, -0.25) is 13.9 Å². The number of anilines is 1. The van der Waals surface area contributed by atoms with E-state index in [0.29, 0.717) is 17.9 Å². The fraction of sp³-hybridized carbons (Fsp3) is 0.375. The minimum atomic E-state index is -4.12. The van der Waals surface area contributed by atoms with Crippen molar-refractivity contribution in [3.63, 3.8) is 0 Å². The van der Waals surface area contributed by atoms with Crippen molar-refractivity contribution < 1.29 is 22.7 Å². The summed E-state index contributed by atoms with van der Waals surface area (Å²) >= 11 is 0. The van der Waals surface area contributed by atoms with Gasteiger partial charge in [0.15, 0.2) is 0 Å². The van der Waals surface area contributed by atoms with Crippen molar-refractivity contribution in [2.75, 3.05) is 18.0 Å². The maximum Gasteiger partial charge on any atom is 0.264 e. The van der Waals surface area contributed by atoms with Gasteiger partial charge in [0.25, 0.3) is 10.0 Å². The van der Waals surface area contributed by atoms with Crippen LogP contribution in [0.5, 0.6) is 5.75 Å². The number of nitrogens with zero attached hydrogens (tertiary/aromatic N) is 2. The molecule has 9 heteroatoms. The van der Waals surface area contributed by atoms with Crippen molar-refractivity contribution in [1.82, 2.24) is 10.2 Å². The molecular weight excluding hydrogens is 538 g/mol. The second-order valence-electron chi connectivity index (χ2n) is 10.2. The summed E-state index contributed by atoms with van der Waals surface area (Å²) in [5, 5.41) is 2.99. The number of nitrogens with one attached hydrogen (secondary N) is 1. The molecular formula is C32H41N3O5S. The number of sulfonamides is 1. The zero-order valence-corrected chi connectivity index (χ0v) is 25.6. The summed E-state index contributed by atoms with van der Waals surface area (Å²) in [6.45, 7) is 9.10. The molecule has 0 bridgehead atoms. The number of carbonyl (C=O) groups excluding carboxylic acids is 2. The van der Waals surface area contributed by atoms with Gasteiger partial charge in [0, 0.05) is 12.6 Å². The molecule has 0 spiro atoms. The summed E-state index contributed by atoms with van der Waals surface area (Å²) in [5.74, 6) is -0.141. The van der Waals surface area contributed by atoms with Crippen LogP contribution in [0, 0.1) is 13.8 Å². The number of aryl methyl sites for hydroxylation is 1. The normalized spacial score (nSPS) is 12.7. The number of hydrogen-bond acceptors (Lipinski definition) is 5. The van der Waals surface area contributed by atoms with E-state index in [0.717, 1.165) is 27.4 Å². The largest absolute Gasteiger partial charge is 0.497 e. The molecule has 41 heavy (non-hydrogen) atoms. The van der Waals surface area contributed by atoms with Gasteiger partial charge < -0.3 is 15.0 Å². The van der Waals surface area contributed by atoms with Crippen molar-refractivity contribution in [2.24, 2.45) is 0 Å². The Hall–Kier alpha value is -3.85. The third kappa shape index (κ3) is 7.67. The second-order valence-corrected chi connectivity index (χ2v) is 12.0. The van der Waals surface area contributed by atoms with Crippen LogP contribution in [-0.4, -0.2) is 50.9 Å². The van der Waals surface area contributed by atoms with E-state index in [9.17, 15) is 18.0 Å². The van der Waals surface area contributed by atoms with Crippen LogP contribution in [0.15, 0.2) is 77.7 Å². The van der Waals surface area contributed by atoms with E-state index in [1.807, 2.05) is 58.9 Å². The van der Waals surface area contributed by atoms with Gasteiger partial charge in [-0.05, 0) is 80.6 Å². The SMILES string of the molecule is CC[C@@H](C)NC(=O)[C@H](CC)N(Cc1cccc(OC)c1)C(=O)CN(c1cccc(C)c1C)S(=O)(=O)c1ccccc1. The lowest BCUT2D eigenvalue weighted by Crippen LogP contribution is -2.53. The van der Waals surface area contributed by atoms with Crippen molar-refractivity contribution in [3.05, 3.63) is 89.5 Å². The van der Waals surface area contributed by atoms with Gasteiger partial charge in [-0.2, -0.15) is 0 Å². The van der Waals surface area contributed by atoms with Crippen LogP contribution in [0.25, 0.3) is 0 Å². The summed E-state index contributed by atoms with van der Waals surface area (Å²) in [5.41, 5.74) is 2.83. The number of carbonyl (C=O) groups is 2. The number of rotatable bonds is 13. The van der Waals surface area contributed by atoms with Gasteiger partial charge >= 0.3 is 0 Å². The minimum Gasteiger partial charge on any atom is -0.497 e. The van der Waals surface area contributed by atoms with Crippen LogP contribution >= 0.6 is 0 Å². The fourth-order valence-electron chi connectivity index (χ4n) is 4.57. The Morgan fingerprint density at radius 2 is 1.61 bits per heavy atom. The van der Waals surface area contributed by atoms with Gasteiger partial charge in [0.05, 0.1) is 17.7 Å².